The SMILES string of the molecule is CCS(=O)(=O)CCOc1cc(C)ccc1C(C)NC. The van der Waals surface area contributed by atoms with Gasteiger partial charge in [-0.25, -0.2) is 8.42 Å². The fourth-order valence-electron chi connectivity index (χ4n) is 1.70. The number of rotatable bonds is 7. The molecule has 0 spiro atoms. The molecule has 0 aliphatic carbocycles. The molecule has 1 N–H and O–H groups in total. The summed E-state index contributed by atoms with van der Waals surface area (Å²) in [5.41, 5.74) is 2.14. The Balaban J connectivity index is 2.79. The average Bonchev–Trinajstić information content (AvgIpc) is 2.38. The predicted octanol–water partition coefficient (Wildman–Crippen LogP) is 2.09. The Bertz CT molecular complexity index is 511. The van der Waals surface area contributed by atoms with E-state index in [1.54, 1.807) is 6.92 Å². The lowest BCUT2D eigenvalue weighted by molar-refractivity contribution is 0.333. The van der Waals surface area contributed by atoms with Crippen molar-refractivity contribution in [2.45, 2.75) is 26.8 Å². The first kappa shape index (κ1) is 16.0. The first-order chi connectivity index (χ1) is 8.89. The molecular weight excluding hydrogens is 262 g/mol. The molecule has 108 valence electrons. The topological polar surface area (TPSA) is 55.4 Å². The van der Waals surface area contributed by atoms with Gasteiger partial charge in [-0.2, -0.15) is 0 Å². The summed E-state index contributed by atoms with van der Waals surface area (Å²) < 4.78 is 28.5. The summed E-state index contributed by atoms with van der Waals surface area (Å²) in [5.74, 6) is 0.975. The van der Waals surface area contributed by atoms with E-state index in [1.165, 1.54) is 0 Å². The third kappa shape index (κ3) is 4.84. The minimum absolute atomic E-state index is 0.0603. The van der Waals surface area contributed by atoms with Crippen molar-refractivity contribution < 1.29 is 13.2 Å². The predicted molar refractivity (Wildman–Crippen MR) is 78.5 cm³/mol. The summed E-state index contributed by atoms with van der Waals surface area (Å²) in [6, 6.07) is 6.15. The molecule has 0 fully saturated rings. The van der Waals surface area contributed by atoms with E-state index >= 15 is 0 Å². The van der Waals surface area contributed by atoms with Gasteiger partial charge in [0, 0.05) is 17.4 Å². The number of aryl methyl sites for hydroxylation is 1. The number of benzene rings is 1. The van der Waals surface area contributed by atoms with Gasteiger partial charge in [-0.15, -0.1) is 0 Å². The van der Waals surface area contributed by atoms with Gasteiger partial charge in [0.15, 0.2) is 9.84 Å². The van der Waals surface area contributed by atoms with Crippen LogP contribution < -0.4 is 10.1 Å². The smallest absolute Gasteiger partial charge is 0.153 e. The summed E-state index contributed by atoms with van der Waals surface area (Å²) in [6.07, 6.45) is 0. The molecular formula is C14H23NO3S. The molecule has 0 amide bonds. The molecule has 0 saturated heterocycles. The fourth-order valence-corrected chi connectivity index (χ4v) is 2.33. The molecule has 0 aromatic heterocycles. The highest BCUT2D eigenvalue weighted by atomic mass is 32.2. The summed E-state index contributed by atoms with van der Waals surface area (Å²) in [7, 11) is -1.09. The van der Waals surface area contributed by atoms with Crippen LogP contribution in [-0.2, 0) is 9.84 Å². The lowest BCUT2D eigenvalue weighted by atomic mass is 10.1. The first-order valence-electron chi connectivity index (χ1n) is 6.50. The number of ether oxygens (including phenoxy) is 1. The highest BCUT2D eigenvalue weighted by molar-refractivity contribution is 7.91. The van der Waals surface area contributed by atoms with Gasteiger partial charge in [0.2, 0.25) is 0 Å². The summed E-state index contributed by atoms with van der Waals surface area (Å²) >= 11 is 0. The zero-order chi connectivity index (χ0) is 14.5. The zero-order valence-corrected chi connectivity index (χ0v) is 12.9. The third-order valence-corrected chi connectivity index (χ3v) is 4.83. The van der Waals surface area contributed by atoms with E-state index in [1.807, 2.05) is 39.1 Å². The van der Waals surface area contributed by atoms with Gasteiger partial charge in [-0.1, -0.05) is 19.1 Å². The standard InChI is InChI=1S/C14H23NO3S/c1-5-19(16,17)9-8-18-14-10-11(2)6-7-13(14)12(3)15-4/h6-7,10,12,15H,5,8-9H2,1-4H3. The second-order valence-corrected chi connectivity index (χ2v) is 7.11. The van der Waals surface area contributed by atoms with E-state index in [4.69, 9.17) is 4.74 Å². The van der Waals surface area contributed by atoms with Crippen molar-refractivity contribution in [3.8, 4) is 5.75 Å². The minimum atomic E-state index is -2.98. The molecule has 1 unspecified atom stereocenters. The van der Waals surface area contributed by atoms with Crippen molar-refractivity contribution in [1.82, 2.24) is 5.32 Å². The van der Waals surface area contributed by atoms with Crippen molar-refractivity contribution in [2.75, 3.05) is 25.2 Å². The minimum Gasteiger partial charge on any atom is -0.492 e. The van der Waals surface area contributed by atoms with Crippen LogP contribution in [0, 0.1) is 6.92 Å². The Hall–Kier alpha value is -1.07. The van der Waals surface area contributed by atoms with Gasteiger partial charge in [0.1, 0.15) is 12.4 Å². The molecule has 19 heavy (non-hydrogen) atoms. The van der Waals surface area contributed by atoms with Crippen LogP contribution in [0.4, 0.5) is 0 Å². The number of nitrogens with one attached hydrogen (secondary N) is 1. The quantitative estimate of drug-likeness (QED) is 0.833. The van der Waals surface area contributed by atoms with Crippen LogP contribution >= 0.6 is 0 Å². The molecule has 1 aromatic carbocycles. The van der Waals surface area contributed by atoms with Crippen LogP contribution in [0.5, 0.6) is 5.75 Å². The maximum atomic E-state index is 11.4. The highest BCUT2D eigenvalue weighted by Gasteiger charge is 2.12. The molecule has 0 heterocycles. The third-order valence-electron chi connectivity index (χ3n) is 3.16. The van der Waals surface area contributed by atoms with Crippen LogP contribution in [0.25, 0.3) is 0 Å². The molecule has 0 aliphatic rings. The Morgan fingerprint density at radius 3 is 2.63 bits per heavy atom. The van der Waals surface area contributed by atoms with E-state index < -0.39 is 9.84 Å². The van der Waals surface area contributed by atoms with Crippen LogP contribution in [0.15, 0.2) is 18.2 Å². The van der Waals surface area contributed by atoms with E-state index in [-0.39, 0.29) is 24.2 Å². The summed E-state index contributed by atoms with van der Waals surface area (Å²) in [6.45, 7) is 5.88. The molecule has 0 saturated carbocycles. The lowest BCUT2D eigenvalue weighted by Crippen LogP contribution is -2.18. The number of hydrogen-bond donors (Lipinski definition) is 1. The maximum Gasteiger partial charge on any atom is 0.153 e. The van der Waals surface area contributed by atoms with Crippen molar-refractivity contribution in [3.63, 3.8) is 0 Å². The lowest BCUT2D eigenvalue weighted by Gasteiger charge is -2.17. The number of sulfone groups is 1. The Morgan fingerprint density at radius 1 is 1.37 bits per heavy atom. The van der Waals surface area contributed by atoms with E-state index in [9.17, 15) is 8.42 Å². The van der Waals surface area contributed by atoms with Crippen LogP contribution in [0.1, 0.15) is 31.0 Å². The van der Waals surface area contributed by atoms with Crippen molar-refractivity contribution in [2.24, 2.45) is 0 Å². The molecule has 1 atom stereocenters. The van der Waals surface area contributed by atoms with Crippen LogP contribution in [-0.4, -0.2) is 33.6 Å². The fraction of sp³-hybridized carbons (Fsp3) is 0.571. The summed E-state index contributed by atoms with van der Waals surface area (Å²) in [4.78, 5) is 0. The van der Waals surface area contributed by atoms with Crippen LogP contribution in [0.3, 0.4) is 0 Å². The molecule has 1 aromatic rings. The number of hydrogen-bond acceptors (Lipinski definition) is 4. The van der Waals surface area contributed by atoms with Gasteiger partial charge in [0.25, 0.3) is 0 Å². The van der Waals surface area contributed by atoms with Gasteiger partial charge in [-0.05, 0) is 32.5 Å². The van der Waals surface area contributed by atoms with Crippen LogP contribution in [0.2, 0.25) is 0 Å². The maximum absolute atomic E-state index is 11.4. The second kappa shape index (κ2) is 6.91. The average molecular weight is 285 g/mol. The zero-order valence-electron chi connectivity index (χ0n) is 12.1. The van der Waals surface area contributed by atoms with E-state index in [0.29, 0.717) is 0 Å². The van der Waals surface area contributed by atoms with Crippen molar-refractivity contribution >= 4 is 9.84 Å². The molecule has 0 radical (unpaired) electrons. The largest absolute Gasteiger partial charge is 0.492 e. The van der Waals surface area contributed by atoms with Crippen molar-refractivity contribution in [1.29, 1.82) is 0 Å². The molecule has 0 bridgehead atoms. The normalized spacial score (nSPS) is 13.3. The molecule has 0 aliphatic heterocycles. The first-order valence-corrected chi connectivity index (χ1v) is 8.32. The van der Waals surface area contributed by atoms with Gasteiger partial charge >= 0.3 is 0 Å². The van der Waals surface area contributed by atoms with Gasteiger partial charge in [-0.3, -0.25) is 0 Å². The van der Waals surface area contributed by atoms with Crippen molar-refractivity contribution in [3.05, 3.63) is 29.3 Å². The second-order valence-electron chi connectivity index (χ2n) is 4.64. The molecule has 5 heteroatoms. The monoisotopic (exact) mass is 285 g/mol. The summed E-state index contributed by atoms with van der Waals surface area (Å²) in [5, 5.41) is 3.16. The Morgan fingerprint density at radius 2 is 2.05 bits per heavy atom. The van der Waals surface area contributed by atoms with E-state index in [0.717, 1.165) is 16.9 Å². The Labute approximate surface area is 116 Å². The van der Waals surface area contributed by atoms with Gasteiger partial charge < -0.3 is 10.1 Å². The van der Waals surface area contributed by atoms with Gasteiger partial charge in [0.05, 0.1) is 5.75 Å². The van der Waals surface area contributed by atoms with E-state index in [2.05, 4.69) is 5.32 Å². The molecule has 1 rings (SSSR count). The Kier molecular flexibility index (Phi) is 5.82. The molecule has 4 nitrogen and oxygen atoms in total. The highest BCUT2D eigenvalue weighted by Crippen LogP contribution is 2.26.